The van der Waals surface area contributed by atoms with Gasteiger partial charge in [0.2, 0.25) is 19.7 Å². The Hall–Kier alpha value is -1.83. The van der Waals surface area contributed by atoms with Gasteiger partial charge in [-0.15, -0.1) is 11.8 Å². The van der Waals surface area contributed by atoms with Crippen LogP contribution in [0.2, 0.25) is 0 Å². The third kappa shape index (κ3) is 3.19. The zero-order chi connectivity index (χ0) is 17.2. The van der Waals surface area contributed by atoms with Gasteiger partial charge in [-0.05, 0) is 35.7 Å². The second-order valence-electron chi connectivity index (χ2n) is 5.07. The molecule has 2 aromatic rings. The zero-order valence-electron chi connectivity index (χ0n) is 12.5. The van der Waals surface area contributed by atoms with Gasteiger partial charge in [0, 0.05) is 5.75 Å². The van der Waals surface area contributed by atoms with Crippen LogP contribution in [0, 0.1) is 0 Å². The Morgan fingerprint density at radius 3 is 1.75 bits per heavy atom. The van der Waals surface area contributed by atoms with E-state index in [0.717, 1.165) is 0 Å². The van der Waals surface area contributed by atoms with E-state index in [1.54, 1.807) is 36.4 Å². The Bertz CT molecular complexity index is 1000. The summed E-state index contributed by atoms with van der Waals surface area (Å²) >= 11 is 1.17. The van der Waals surface area contributed by atoms with E-state index in [-0.39, 0.29) is 25.4 Å². The molecular weight excluding hydrogens is 364 g/mol. The van der Waals surface area contributed by atoms with Crippen molar-refractivity contribution in [3.63, 3.8) is 0 Å². The van der Waals surface area contributed by atoms with Gasteiger partial charge in [0.1, 0.15) is 0 Å². The van der Waals surface area contributed by atoms with Crippen LogP contribution in [-0.2, 0) is 19.7 Å². The van der Waals surface area contributed by atoms with Gasteiger partial charge in [0.05, 0.1) is 19.6 Å². The molecule has 1 aliphatic heterocycles. The number of thioether (sulfide) groups is 1. The highest BCUT2D eigenvalue weighted by atomic mass is 32.2. The van der Waals surface area contributed by atoms with Crippen LogP contribution in [0.4, 0.5) is 0 Å². The SMILES string of the molecule is O=S(=O)(C1=CSCC(S(=O)(=O)c2ccccc2)=C1)c1ccccc1. The number of allylic oxidation sites excluding steroid dienone is 1. The molecule has 0 N–H and O–H groups in total. The number of hydrogen-bond acceptors (Lipinski definition) is 5. The van der Waals surface area contributed by atoms with E-state index in [9.17, 15) is 16.8 Å². The fourth-order valence-electron chi connectivity index (χ4n) is 2.22. The molecule has 0 amide bonds. The van der Waals surface area contributed by atoms with Crippen molar-refractivity contribution in [3.05, 3.63) is 82.0 Å². The second kappa shape index (κ2) is 6.58. The molecule has 0 aliphatic carbocycles. The highest BCUT2D eigenvalue weighted by molar-refractivity contribution is 8.05. The molecule has 24 heavy (non-hydrogen) atoms. The maximum atomic E-state index is 12.7. The molecule has 1 heterocycles. The van der Waals surface area contributed by atoms with Gasteiger partial charge in [-0.3, -0.25) is 0 Å². The molecule has 0 bridgehead atoms. The van der Waals surface area contributed by atoms with E-state index in [1.807, 2.05) is 0 Å². The Labute approximate surface area is 145 Å². The molecule has 0 aromatic heterocycles. The number of hydrogen-bond donors (Lipinski definition) is 0. The van der Waals surface area contributed by atoms with Crippen LogP contribution in [0.1, 0.15) is 0 Å². The molecule has 1 aliphatic rings. The molecule has 124 valence electrons. The molecule has 0 unspecified atom stereocenters. The monoisotopic (exact) mass is 378 g/mol. The highest BCUT2D eigenvalue weighted by Gasteiger charge is 2.27. The highest BCUT2D eigenvalue weighted by Crippen LogP contribution is 2.32. The summed E-state index contributed by atoms with van der Waals surface area (Å²) in [5.41, 5.74) is 0. The van der Waals surface area contributed by atoms with E-state index in [1.165, 1.54) is 47.5 Å². The van der Waals surface area contributed by atoms with E-state index in [4.69, 9.17) is 0 Å². The van der Waals surface area contributed by atoms with Gasteiger partial charge < -0.3 is 0 Å². The lowest BCUT2D eigenvalue weighted by atomic mass is 10.4. The van der Waals surface area contributed by atoms with Crippen molar-refractivity contribution >= 4 is 31.4 Å². The van der Waals surface area contributed by atoms with E-state index < -0.39 is 19.7 Å². The van der Waals surface area contributed by atoms with Gasteiger partial charge >= 0.3 is 0 Å². The normalized spacial score (nSPS) is 15.5. The minimum absolute atomic E-state index is 0.000504. The summed E-state index contributed by atoms with van der Waals surface area (Å²) in [5, 5.41) is 1.49. The molecule has 0 atom stereocenters. The molecule has 0 saturated carbocycles. The fourth-order valence-corrected chi connectivity index (χ4v) is 6.58. The minimum atomic E-state index is -3.74. The van der Waals surface area contributed by atoms with Crippen LogP contribution >= 0.6 is 11.8 Å². The van der Waals surface area contributed by atoms with Crippen molar-refractivity contribution in [2.24, 2.45) is 0 Å². The van der Waals surface area contributed by atoms with Crippen molar-refractivity contribution in [1.82, 2.24) is 0 Å². The van der Waals surface area contributed by atoms with Gasteiger partial charge in [0.25, 0.3) is 0 Å². The summed E-state index contributed by atoms with van der Waals surface area (Å²) in [7, 11) is -7.44. The lowest BCUT2D eigenvalue weighted by molar-refractivity contribution is 0.602. The maximum absolute atomic E-state index is 12.7. The predicted octanol–water partition coefficient (Wildman–Crippen LogP) is 3.41. The van der Waals surface area contributed by atoms with Gasteiger partial charge in [0.15, 0.2) is 0 Å². The molecule has 0 fully saturated rings. The van der Waals surface area contributed by atoms with Crippen LogP contribution in [-0.4, -0.2) is 22.6 Å². The van der Waals surface area contributed by atoms with Crippen molar-refractivity contribution in [3.8, 4) is 0 Å². The predicted molar refractivity (Wildman–Crippen MR) is 95.9 cm³/mol. The lowest BCUT2D eigenvalue weighted by Crippen LogP contribution is -2.12. The van der Waals surface area contributed by atoms with Gasteiger partial charge in [-0.25, -0.2) is 16.8 Å². The number of sulfone groups is 2. The molecule has 0 saturated heterocycles. The summed E-state index contributed by atoms with van der Waals surface area (Å²) in [5.74, 6) is 0.213. The Balaban J connectivity index is 2.04. The molecule has 0 spiro atoms. The van der Waals surface area contributed by atoms with Crippen LogP contribution in [0.3, 0.4) is 0 Å². The van der Waals surface area contributed by atoms with Crippen LogP contribution in [0.25, 0.3) is 0 Å². The standard InChI is InChI=1S/C17H14O4S3/c18-23(19,14-7-3-1-4-8-14)16-11-17(13-22-12-16)24(20,21)15-9-5-2-6-10-15/h1-12H,13H2. The topological polar surface area (TPSA) is 68.3 Å². The van der Waals surface area contributed by atoms with Crippen molar-refractivity contribution in [2.45, 2.75) is 9.79 Å². The fraction of sp³-hybridized carbons (Fsp3) is 0.0588. The van der Waals surface area contributed by atoms with Crippen molar-refractivity contribution < 1.29 is 16.8 Å². The molecule has 0 radical (unpaired) electrons. The quantitative estimate of drug-likeness (QED) is 0.816. The summed E-state index contributed by atoms with van der Waals surface area (Å²) in [6.45, 7) is 0. The van der Waals surface area contributed by atoms with Gasteiger partial charge in [-0.1, -0.05) is 36.4 Å². The average molecular weight is 378 g/mol. The first kappa shape index (κ1) is 17.0. The third-order valence-corrected chi connectivity index (χ3v) is 8.32. The summed E-state index contributed by atoms with van der Waals surface area (Å²) in [4.78, 5) is 0.400. The maximum Gasteiger partial charge on any atom is 0.207 e. The molecule has 2 aromatic carbocycles. The molecule has 4 nitrogen and oxygen atoms in total. The van der Waals surface area contributed by atoms with E-state index in [0.29, 0.717) is 0 Å². The average Bonchev–Trinajstić information content (AvgIpc) is 2.63. The Morgan fingerprint density at radius 2 is 1.21 bits per heavy atom. The third-order valence-electron chi connectivity index (χ3n) is 3.49. The Morgan fingerprint density at radius 1 is 0.708 bits per heavy atom. The van der Waals surface area contributed by atoms with Crippen LogP contribution in [0.5, 0.6) is 0 Å². The zero-order valence-corrected chi connectivity index (χ0v) is 14.9. The largest absolute Gasteiger partial charge is 0.219 e. The number of rotatable bonds is 4. The number of benzene rings is 2. The molecule has 3 rings (SSSR count). The Kier molecular flexibility index (Phi) is 4.67. The van der Waals surface area contributed by atoms with Crippen LogP contribution < -0.4 is 0 Å². The molecular formula is C17H14O4S3. The minimum Gasteiger partial charge on any atom is -0.219 e. The summed E-state index contributed by atoms with van der Waals surface area (Å²) in [6.07, 6.45) is 1.27. The summed E-state index contributed by atoms with van der Waals surface area (Å²) in [6, 6.07) is 16.0. The first-order valence-electron chi connectivity index (χ1n) is 7.05. The van der Waals surface area contributed by atoms with Gasteiger partial charge in [-0.2, -0.15) is 0 Å². The molecule has 7 heteroatoms. The van der Waals surface area contributed by atoms with E-state index >= 15 is 0 Å². The van der Waals surface area contributed by atoms with Crippen molar-refractivity contribution in [2.75, 3.05) is 5.75 Å². The second-order valence-corrected chi connectivity index (χ2v) is 9.88. The van der Waals surface area contributed by atoms with Crippen molar-refractivity contribution in [1.29, 1.82) is 0 Å². The first-order valence-corrected chi connectivity index (χ1v) is 11.1. The summed E-state index contributed by atoms with van der Waals surface area (Å²) < 4.78 is 50.7. The van der Waals surface area contributed by atoms with E-state index in [2.05, 4.69) is 0 Å². The lowest BCUT2D eigenvalue weighted by Gasteiger charge is -2.14. The smallest absolute Gasteiger partial charge is 0.207 e. The first-order chi connectivity index (χ1) is 11.4. The van der Waals surface area contributed by atoms with Crippen LogP contribution in [0.15, 0.2) is 91.7 Å².